The van der Waals surface area contributed by atoms with Gasteiger partial charge in [0.15, 0.2) is 11.2 Å². The first-order valence-corrected chi connectivity index (χ1v) is 6.00. The third-order valence-electron chi connectivity index (χ3n) is 3.15. The van der Waals surface area contributed by atoms with E-state index in [0.29, 0.717) is 23.2 Å². The Hall–Kier alpha value is -2.50. The molecule has 96 valence electrons. The van der Waals surface area contributed by atoms with E-state index in [4.69, 9.17) is 0 Å². The molecule has 0 fully saturated rings. The van der Waals surface area contributed by atoms with Crippen LogP contribution >= 0.6 is 0 Å². The van der Waals surface area contributed by atoms with Gasteiger partial charge in [-0.05, 0) is 19.1 Å². The molecule has 0 radical (unpaired) electrons. The molecule has 2 aromatic heterocycles. The zero-order valence-corrected chi connectivity index (χ0v) is 10.6. The fourth-order valence-corrected chi connectivity index (χ4v) is 2.12. The first-order chi connectivity index (χ1) is 9.13. The van der Waals surface area contributed by atoms with E-state index < -0.39 is 5.56 Å². The van der Waals surface area contributed by atoms with Gasteiger partial charge in [-0.2, -0.15) is 0 Å². The first kappa shape index (κ1) is 11.6. The average molecular weight is 256 g/mol. The summed E-state index contributed by atoms with van der Waals surface area (Å²) in [5, 5.41) is 0. The summed E-state index contributed by atoms with van der Waals surface area (Å²) in [5.41, 5.74) is 1.10. The van der Waals surface area contributed by atoms with Gasteiger partial charge in [0.05, 0.1) is 11.0 Å². The van der Waals surface area contributed by atoms with Gasteiger partial charge in [-0.3, -0.25) is 13.9 Å². The third kappa shape index (κ3) is 1.56. The monoisotopic (exact) mass is 256 g/mol. The van der Waals surface area contributed by atoms with E-state index in [0.717, 1.165) is 4.57 Å². The van der Waals surface area contributed by atoms with Gasteiger partial charge in [0, 0.05) is 13.6 Å². The number of aromatic nitrogens is 4. The van der Waals surface area contributed by atoms with Crippen molar-refractivity contribution in [3.63, 3.8) is 0 Å². The van der Waals surface area contributed by atoms with Gasteiger partial charge in [0.2, 0.25) is 0 Å². The maximum Gasteiger partial charge on any atom is 0.332 e. The summed E-state index contributed by atoms with van der Waals surface area (Å²) in [4.78, 5) is 32.9. The Morgan fingerprint density at radius 2 is 1.74 bits per heavy atom. The van der Waals surface area contributed by atoms with Gasteiger partial charge < -0.3 is 0 Å². The molecule has 2 heterocycles. The number of aryl methyl sites for hydroxylation is 1. The summed E-state index contributed by atoms with van der Waals surface area (Å²) in [5.74, 6) is 0. The van der Waals surface area contributed by atoms with Gasteiger partial charge in [0.1, 0.15) is 0 Å². The lowest BCUT2D eigenvalue weighted by atomic mass is 10.3. The van der Waals surface area contributed by atoms with Crippen molar-refractivity contribution in [2.75, 3.05) is 0 Å². The lowest BCUT2D eigenvalue weighted by molar-refractivity contribution is 0.650. The number of rotatable bonds is 1. The molecule has 6 nitrogen and oxygen atoms in total. The predicted octanol–water partition coefficient (Wildman–Crippen LogP) is 0.663. The van der Waals surface area contributed by atoms with E-state index in [1.807, 2.05) is 25.1 Å². The van der Waals surface area contributed by atoms with Crippen molar-refractivity contribution in [3.8, 4) is 0 Å². The highest BCUT2D eigenvalue weighted by molar-refractivity contribution is 5.83. The lowest BCUT2D eigenvalue weighted by Crippen LogP contribution is -2.38. The molecule has 19 heavy (non-hydrogen) atoms. The first-order valence-electron chi connectivity index (χ1n) is 6.00. The molecule has 0 aliphatic heterocycles. The van der Waals surface area contributed by atoms with Crippen molar-refractivity contribution < 1.29 is 0 Å². The molecule has 0 saturated heterocycles. The summed E-state index contributed by atoms with van der Waals surface area (Å²) >= 11 is 0. The van der Waals surface area contributed by atoms with Crippen LogP contribution in [0.3, 0.4) is 0 Å². The summed E-state index contributed by atoms with van der Waals surface area (Å²) in [6.45, 7) is 2.28. The van der Waals surface area contributed by atoms with Crippen molar-refractivity contribution in [3.05, 3.63) is 45.1 Å². The quantitative estimate of drug-likeness (QED) is 0.600. The Morgan fingerprint density at radius 3 is 2.37 bits per heavy atom. The van der Waals surface area contributed by atoms with Crippen LogP contribution in [0, 0.1) is 0 Å². The smallest absolute Gasteiger partial charge is 0.276 e. The van der Waals surface area contributed by atoms with Gasteiger partial charge in [0.25, 0.3) is 5.56 Å². The van der Waals surface area contributed by atoms with Crippen LogP contribution in [0.1, 0.15) is 6.92 Å². The van der Waals surface area contributed by atoms with Crippen molar-refractivity contribution >= 4 is 22.2 Å². The van der Waals surface area contributed by atoms with Crippen molar-refractivity contribution in [2.45, 2.75) is 13.5 Å². The second-order valence-corrected chi connectivity index (χ2v) is 4.28. The van der Waals surface area contributed by atoms with Crippen LogP contribution in [0.5, 0.6) is 0 Å². The topological polar surface area (TPSA) is 69.8 Å². The van der Waals surface area contributed by atoms with Crippen LogP contribution < -0.4 is 11.2 Å². The molecule has 6 heteroatoms. The third-order valence-corrected chi connectivity index (χ3v) is 3.15. The number of para-hydroxylation sites is 2. The minimum absolute atomic E-state index is 0.225. The van der Waals surface area contributed by atoms with E-state index in [9.17, 15) is 9.59 Å². The molecular formula is C13H12N4O2. The molecule has 0 spiro atoms. The molecule has 3 aromatic rings. The van der Waals surface area contributed by atoms with Gasteiger partial charge in [-0.15, -0.1) is 0 Å². The highest BCUT2D eigenvalue weighted by Crippen LogP contribution is 2.12. The van der Waals surface area contributed by atoms with Crippen LogP contribution in [0.2, 0.25) is 0 Å². The molecule has 0 aliphatic carbocycles. The van der Waals surface area contributed by atoms with E-state index in [1.54, 1.807) is 6.07 Å². The van der Waals surface area contributed by atoms with Crippen molar-refractivity contribution in [1.82, 2.24) is 19.1 Å². The normalized spacial score (nSPS) is 11.3. The zero-order chi connectivity index (χ0) is 13.6. The Labute approximate surface area is 108 Å². The molecule has 0 aliphatic rings. The van der Waals surface area contributed by atoms with E-state index in [1.165, 1.54) is 11.6 Å². The molecule has 0 N–H and O–H groups in total. The number of hydrogen-bond acceptors (Lipinski definition) is 4. The molecule has 0 unspecified atom stereocenters. The summed E-state index contributed by atoms with van der Waals surface area (Å²) < 4.78 is 2.52. The SMILES string of the molecule is CCn1c(=O)n(C)c(=O)c2nc3ccccc3nc21. The molecular weight excluding hydrogens is 244 g/mol. The number of hydrogen-bond donors (Lipinski definition) is 0. The minimum atomic E-state index is -0.414. The summed E-state index contributed by atoms with van der Waals surface area (Å²) in [6.07, 6.45) is 0. The lowest BCUT2D eigenvalue weighted by Gasteiger charge is -2.09. The minimum Gasteiger partial charge on any atom is -0.276 e. The maximum atomic E-state index is 12.1. The van der Waals surface area contributed by atoms with E-state index in [-0.39, 0.29) is 11.2 Å². The Kier molecular flexibility index (Phi) is 2.45. The largest absolute Gasteiger partial charge is 0.332 e. The Morgan fingerprint density at radius 1 is 1.11 bits per heavy atom. The number of nitrogens with zero attached hydrogens (tertiary/aromatic N) is 4. The van der Waals surface area contributed by atoms with Crippen LogP contribution in [-0.4, -0.2) is 19.1 Å². The second kappa shape index (κ2) is 4.01. The van der Waals surface area contributed by atoms with Crippen molar-refractivity contribution in [2.24, 2.45) is 7.05 Å². The van der Waals surface area contributed by atoms with Crippen LogP contribution in [-0.2, 0) is 13.6 Å². The molecule has 0 atom stereocenters. The number of fused-ring (bicyclic) bond motifs is 2. The second-order valence-electron chi connectivity index (χ2n) is 4.28. The molecule has 0 amide bonds. The highest BCUT2D eigenvalue weighted by Gasteiger charge is 2.13. The van der Waals surface area contributed by atoms with Gasteiger partial charge in [-0.1, -0.05) is 12.1 Å². The average Bonchev–Trinajstić information content (AvgIpc) is 2.44. The van der Waals surface area contributed by atoms with E-state index >= 15 is 0 Å². The van der Waals surface area contributed by atoms with Crippen LogP contribution in [0.25, 0.3) is 22.2 Å². The molecule has 1 aromatic carbocycles. The summed E-state index contributed by atoms with van der Waals surface area (Å²) in [7, 11) is 1.45. The molecule has 0 saturated carbocycles. The Bertz CT molecular complexity index is 908. The maximum absolute atomic E-state index is 12.1. The van der Waals surface area contributed by atoms with E-state index in [2.05, 4.69) is 9.97 Å². The molecule has 3 rings (SSSR count). The Balaban J connectivity index is 2.64. The van der Waals surface area contributed by atoms with Crippen LogP contribution in [0.4, 0.5) is 0 Å². The zero-order valence-electron chi connectivity index (χ0n) is 10.6. The van der Waals surface area contributed by atoms with Crippen LogP contribution in [0.15, 0.2) is 33.9 Å². The highest BCUT2D eigenvalue weighted by atomic mass is 16.2. The van der Waals surface area contributed by atoms with Crippen molar-refractivity contribution in [1.29, 1.82) is 0 Å². The van der Waals surface area contributed by atoms with Gasteiger partial charge >= 0.3 is 5.69 Å². The standard InChI is InChI=1S/C13H12N4O2/c1-3-17-11-10(12(18)16(2)13(17)19)14-8-6-4-5-7-9(8)15-11/h4-7H,3H2,1-2H3. The summed E-state index contributed by atoms with van der Waals surface area (Å²) in [6, 6.07) is 7.29. The number of benzene rings is 1. The fraction of sp³-hybridized carbons (Fsp3) is 0.231. The van der Waals surface area contributed by atoms with Gasteiger partial charge in [-0.25, -0.2) is 14.8 Å². The molecule has 0 bridgehead atoms. The predicted molar refractivity (Wildman–Crippen MR) is 72.2 cm³/mol. The fourth-order valence-electron chi connectivity index (χ4n) is 2.12.